The maximum atomic E-state index is 13.3. The predicted octanol–water partition coefficient (Wildman–Crippen LogP) is 2.23. The van der Waals surface area contributed by atoms with Gasteiger partial charge in [-0.25, -0.2) is 4.79 Å². The number of nitrogens with one attached hydrogen (secondary N) is 1. The maximum absolute atomic E-state index is 13.3. The number of ether oxygens (including phenoxy) is 1. The van der Waals surface area contributed by atoms with Crippen molar-refractivity contribution in [1.29, 1.82) is 0 Å². The number of benzene rings is 1. The van der Waals surface area contributed by atoms with Crippen molar-refractivity contribution in [2.24, 2.45) is 5.92 Å². The van der Waals surface area contributed by atoms with Crippen LogP contribution >= 0.6 is 0 Å². The SMILES string of the molecule is CCCCN(C(=O)c1ccccc1OC)c1c(N)n(CC(C)C)c(=O)[nH]c1=O. The average molecular weight is 388 g/mol. The first-order chi connectivity index (χ1) is 13.3. The lowest BCUT2D eigenvalue weighted by atomic mass is 10.1. The molecule has 0 radical (unpaired) electrons. The fraction of sp³-hybridized carbons (Fsp3) is 0.450. The number of carbonyl (C=O) groups excluding carboxylic acids is 1. The third-order valence-corrected chi connectivity index (χ3v) is 4.35. The average Bonchev–Trinajstić information content (AvgIpc) is 2.66. The number of amides is 1. The number of H-pyrrole nitrogens is 1. The third kappa shape index (κ3) is 4.44. The molecular formula is C20H28N4O4. The van der Waals surface area contributed by atoms with Gasteiger partial charge in [0.05, 0.1) is 12.7 Å². The second-order valence-electron chi connectivity index (χ2n) is 7.01. The van der Waals surface area contributed by atoms with Crippen LogP contribution in [0.3, 0.4) is 0 Å². The number of aromatic amines is 1. The number of aromatic nitrogens is 2. The Balaban J connectivity index is 2.65. The van der Waals surface area contributed by atoms with Crippen LogP contribution in [0, 0.1) is 5.92 Å². The number of anilines is 2. The van der Waals surface area contributed by atoms with Crippen LogP contribution in [0.2, 0.25) is 0 Å². The van der Waals surface area contributed by atoms with Gasteiger partial charge in [0.2, 0.25) is 0 Å². The highest BCUT2D eigenvalue weighted by Gasteiger charge is 2.26. The molecule has 0 unspecified atom stereocenters. The lowest BCUT2D eigenvalue weighted by Gasteiger charge is -2.25. The van der Waals surface area contributed by atoms with E-state index in [2.05, 4.69) is 4.98 Å². The van der Waals surface area contributed by atoms with Gasteiger partial charge in [0.25, 0.3) is 11.5 Å². The van der Waals surface area contributed by atoms with Gasteiger partial charge in [0, 0.05) is 13.1 Å². The third-order valence-electron chi connectivity index (χ3n) is 4.35. The summed E-state index contributed by atoms with van der Waals surface area (Å²) in [5, 5.41) is 0. The number of nitrogen functional groups attached to an aromatic ring is 1. The molecule has 1 amide bonds. The van der Waals surface area contributed by atoms with Crippen LogP contribution in [-0.2, 0) is 6.54 Å². The van der Waals surface area contributed by atoms with E-state index in [1.54, 1.807) is 24.3 Å². The summed E-state index contributed by atoms with van der Waals surface area (Å²) in [6.07, 6.45) is 1.49. The Morgan fingerprint density at radius 1 is 1.29 bits per heavy atom. The second-order valence-corrected chi connectivity index (χ2v) is 7.01. The zero-order valence-corrected chi connectivity index (χ0v) is 16.8. The van der Waals surface area contributed by atoms with E-state index in [4.69, 9.17) is 10.5 Å². The summed E-state index contributed by atoms with van der Waals surface area (Å²) >= 11 is 0. The number of para-hydroxylation sites is 1. The van der Waals surface area contributed by atoms with Crippen LogP contribution in [0.25, 0.3) is 0 Å². The second kappa shape index (κ2) is 9.25. The maximum Gasteiger partial charge on any atom is 0.330 e. The Morgan fingerprint density at radius 3 is 2.57 bits per heavy atom. The van der Waals surface area contributed by atoms with Crippen LogP contribution in [0.4, 0.5) is 11.5 Å². The van der Waals surface area contributed by atoms with Crippen molar-refractivity contribution in [3.8, 4) is 5.75 Å². The highest BCUT2D eigenvalue weighted by atomic mass is 16.5. The molecule has 0 saturated carbocycles. The topological polar surface area (TPSA) is 110 Å². The molecule has 0 aliphatic heterocycles. The van der Waals surface area contributed by atoms with E-state index >= 15 is 0 Å². The van der Waals surface area contributed by atoms with Gasteiger partial charge >= 0.3 is 5.69 Å². The van der Waals surface area contributed by atoms with Gasteiger partial charge in [-0.3, -0.25) is 19.1 Å². The summed E-state index contributed by atoms with van der Waals surface area (Å²) in [4.78, 5) is 41.8. The predicted molar refractivity (Wildman–Crippen MR) is 110 cm³/mol. The van der Waals surface area contributed by atoms with Crippen LogP contribution < -0.4 is 26.6 Å². The molecule has 0 atom stereocenters. The van der Waals surface area contributed by atoms with Gasteiger partial charge in [0.1, 0.15) is 11.6 Å². The molecule has 28 heavy (non-hydrogen) atoms. The van der Waals surface area contributed by atoms with E-state index in [-0.39, 0.29) is 17.4 Å². The van der Waals surface area contributed by atoms with Crippen molar-refractivity contribution >= 4 is 17.4 Å². The number of methoxy groups -OCH3 is 1. The van der Waals surface area contributed by atoms with Crippen LogP contribution in [0.1, 0.15) is 44.0 Å². The van der Waals surface area contributed by atoms with Gasteiger partial charge in [-0.15, -0.1) is 0 Å². The molecule has 1 heterocycles. The minimum absolute atomic E-state index is 0.00962. The molecule has 2 aromatic rings. The number of nitrogens with zero attached hydrogens (tertiary/aromatic N) is 2. The molecule has 8 heteroatoms. The summed E-state index contributed by atoms with van der Waals surface area (Å²) < 4.78 is 6.59. The molecule has 2 rings (SSSR count). The molecule has 3 N–H and O–H groups in total. The van der Waals surface area contributed by atoms with Gasteiger partial charge in [-0.05, 0) is 24.5 Å². The molecule has 0 saturated heterocycles. The van der Waals surface area contributed by atoms with Gasteiger partial charge < -0.3 is 15.4 Å². The number of carbonyl (C=O) groups is 1. The Bertz CT molecular complexity index is 946. The summed E-state index contributed by atoms with van der Waals surface area (Å²) in [5.41, 5.74) is 5.26. The smallest absolute Gasteiger partial charge is 0.330 e. The molecule has 0 aliphatic carbocycles. The molecule has 1 aromatic heterocycles. The lowest BCUT2D eigenvalue weighted by Crippen LogP contribution is -2.42. The van der Waals surface area contributed by atoms with E-state index in [0.29, 0.717) is 30.8 Å². The Hall–Kier alpha value is -3.03. The largest absolute Gasteiger partial charge is 0.496 e. The number of unbranched alkanes of at least 4 members (excludes halogenated alkanes) is 1. The Kier molecular flexibility index (Phi) is 7.03. The summed E-state index contributed by atoms with van der Waals surface area (Å²) in [5.74, 6) is 0.118. The van der Waals surface area contributed by atoms with Crippen LogP contribution in [0.5, 0.6) is 5.75 Å². The van der Waals surface area contributed by atoms with Gasteiger partial charge in [0.15, 0.2) is 5.69 Å². The summed E-state index contributed by atoms with van der Waals surface area (Å²) in [6, 6.07) is 6.80. The zero-order chi connectivity index (χ0) is 20.8. The van der Waals surface area contributed by atoms with Crippen molar-refractivity contribution in [2.75, 3.05) is 24.3 Å². The highest BCUT2D eigenvalue weighted by Crippen LogP contribution is 2.25. The van der Waals surface area contributed by atoms with Gasteiger partial charge in [-0.1, -0.05) is 39.3 Å². The minimum Gasteiger partial charge on any atom is -0.496 e. The molecule has 0 spiro atoms. The fourth-order valence-electron chi connectivity index (χ4n) is 2.98. The van der Waals surface area contributed by atoms with Crippen molar-refractivity contribution in [2.45, 2.75) is 40.2 Å². The normalized spacial score (nSPS) is 10.9. The summed E-state index contributed by atoms with van der Waals surface area (Å²) in [6.45, 7) is 6.48. The Morgan fingerprint density at radius 2 is 1.96 bits per heavy atom. The first-order valence-corrected chi connectivity index (χ1v) is 9.39. The van der Waals surface area contributed by atoms with Crippen molar-refractivity contribution in [1.82, 2.24) is 9.55 Å². The monoisotopic (exact) mass is 388 g/mol. The molecule has 0 aliphatic rings. The standard InChI is InChI=1S/C20H28N4O4/c1-5-6-11-23(19(26)14-9-7-8-10-15(14)28-4)16-17(21)24(12-13(2)3)20(27)22-18(16)25/h7-10,13H,5-6,11-12,21H2,1-4H3,(H,22,25,27). The first kappa shape index (κ1) is 21.3. The van der Waals surface area contributed by atoms with Crippen LogP contribution in [0.15, 0.2) is 33.9 Å². The van der Waals surface area contributed by atoms with E-state index in [1.807, 2.05) is 20.8 Å². The van der Waals surface area contributed by atoms with Gasteiger partial charge in [-0.2, -0.15) is 0 Å². The van der Waals surface area contributed by atoms with Crippen LogP contribution in [-0.4, -0.2) is 29.1 Å². The number of hydrogen-bond donors (Lipinski definition) is 2. The van der Waals surface area contributed by atoms with E-state index in [1.165, 1.54) is 16.6 Å². The minimum atomic E-state index is -0.679. The molecule has 152 valence electrons. The number of rotatable bonds is 8. The highest BCUT2D eigenvalue weighted by molar-refractivity contribution is 6.08. The van der Waals surface area contributed by atoms with E-state index in [0.717, 1.165) is 6.42 Å². The number of hydrogen-bond acceptors (Lipinski definition) is 5. The van der Waals surface area contributed by atoms with E-state index < -0.39 is 17.2 Å². The molecular weight excluding hydrogens is 360 g/mol. The molecule has 0 bridgehead atoms. The van der Waals surface area contributed by atoms with E-state index in [9.17, 15) is 14.4 Å². The number of nitrogens with two attached hydrogens (primary N) is 1. The lowest BCUT2D eigenvalue weighted by molar-refractivity contribution is 0.0983. The first-order valence-electron chi connectivity index (χ1n) is 9.39. The molecule has 1 aromatic carbocycles. The zero-order valence-electron chi connectivity index (χ0n) is 16.8. The quantitative estimate of drug-likeness (QED) is 0.720. The van der Waals surface area contributed by atoms with Crippen molar-refractivity contribution < 1.29 is 9.53 Å². The van der Waals surface area contributed by atoms with Crippen molar-refractivity contribution in [3.63, 3.8) is 0 Å². The summed E-state index contributed by atoms with van der Waals surface area (Å²) in [7, 11) is 1.48. The molecule has 0 fully saturated rings. The fourth-order valence-corrected chi connectivity index (χ4v) is 2.98. The Labute approximate surface area is 163 Å². The molecule has 8 nitrogen and oxygen atoms in total. The van der Waals surface area contributed by atoms with Crippen molar-refractivity contribution in [3.05, 3.63) is 50.7 Å².